The molecular formula is C11H11NO3. The third kappa shape index (κ3) is 1.83. The van der Waals surface area contributed by atoms with Gasteiger partial charge in [-0.3, -0.25) is 4.79 Å². The van der Waals surface area contributed by atoms with Crippen molar-refractivity contribution < 1.29 is 14.7 Å². The van der Waals surface area contributed by atoms with Gasteiger partial charge in [0.25, 0.3) is 0 Å². The van der Waals surface area contributed by atoms with Crippen LogP contribution in [0.2, 0.25) is 0 Å². The third-order valence-electron chi connectivity index (χ3n) is 2.70. The van der Waals surface area contributed by atoms with Crippen molar-refractivity contribution in [2.45, 2.75) is 5.92 Å². The Morgan fingerprint density at radius 3 is 2.40 bits per heavy atom. The van der Waals surface area contributed by atoms with Gasteiger partial charge in [-0.2, -0.15) is 0 Å². The fourth-order valence-corrected chi connectivity index (χ4v) is 1.69. The molecular weight excluding hydrogens is 194 g/mol. The van der Waals surface area contributed by atoms with E-state index in [4.69, 9.17) is 5.11 Å². The van der Waals surface area contributed by atoms with Gasteiger partial charge in [-0.1, -0.05) is 24.3 Å². The summed E-state index contributed by atoms with van der Waals surface area (Å²) in [5.74, 6) is 0.279. The van der Waals surface area contributed by atoms with Gasteiger partial charge in [-0.25, -0.2) is 4.79 Å². The van der Waals surface area contributed by atoms with Crippen LogP contribution in [0.3, 0.4) is 0 Å². The Balaban J connectivity index is 2.01. The van der Waals surface area contributed by atoms with Crippen LogP contribution in [0.15, 0.2) is 24.3 Å². The number of carbonyl (C=O) groups is 2. The largest absolute Gasteiger partial charge is 0.465 e. The lowest BCUT2D eigenvalue weighted by Gasteiger charge is -2.37. The number of aldehydes is 1. The number of carboxylic acid groups (broad SMARTS) is 1. The topological polar surface area (TPSA) is 57.6 Å². The van der Waals surface area contributed by atoms with Crippen molar-refractivity contribution in [3.05, 3.63) is 35.4 Å². The van der Waals surface area contributed by atoms with Gasteiger partial charge in [-0.05, 0) is 5.56 Å². The summed E-state index contributed by atoms with van der Waals surface area (Å²) < 4.78 is 0. The molecule has 1 N–H and O–H groups in total. The first kappa shape index (κ1) is 9.71. The fourth-order valence-electron chi connectivity index (χ4n) is 1.69. The standard InChI is InChI=1S/C11H11NO3/c13-7-8-1-3-9(4-2-8)10-5-12(6-10)11(14)15/h1-4,7,10H,5-6H2,(H,14,15). The number of likely N-dealkylation sites (tertiary alicyclic amines) is 1. The van der Waals surface area contributed by atoms with Gasteiger partial charge in [0, 0.05) is 24.6 Å². The lowest BCUT2D eigenvalue weighted by atomic mass is 9.91. The van der Waals surface area contributed by atoms with Crippen molar-refractivity contribution in [3.63, 3.8) is 0 Å². The number of carbonyl (C=O) groups excluding carboxylic acids is 1. The van der Waals surface area contributed by atoms with Crippen LogP contribution >= 0.6 is 0 Å². The molecule has 2 rings (SSSR count). The predicted octanol–water partition coefficient (Wildman–Crippen LogP) is 1.58. The molecule has 1 fully saturated rings. The van der Waals surface area contributed by atoms with Gasteiger partial charge in [0.1, 0.15) is 6.29 Å². The summed E-state index contributed by atoms with van der Waals surface area (Å²) >= 11 is 0. The molecule has 1 aromatic carbocycles. The summed E-state index contributed by atoms with van der Waals surface area (Å²) in [7, 11) is 0. The minimum absolute atomic E-state index is 0.279. The van der Waals surface area contributed by atoms with Crippen molar-refractivity contribution in [1.29, 1.82) is 0 Å². The second kappa shape index (κ2) is 3.73. The summed E-state index contributed by atoms with van der Waals surface area (Å²) in [6, 6.07) is 7.28. The zero-order chi connectivity index (χ0) is 10.8. The highest BCUT2D eigenvalue weighted by Gasteiger charge is 2.31. The van der Waals surface area contributed by atoms with Crippen molar-refractivity contribution in [1.82, 2.24) is 4.90 Å². The SMILES string of the molecule is O=Cc1ccc(C2CN(C(=O)O)C2)cc1. The Labute approximate surface area is 87.1 Å². The summed E-state index contributed by atoms with van der Waals surface area (Å²) in [6.07, 6.45) is -0.0653. The number of nitrogens with zero attached hydrogens (tertiary/aromatic N) is 1. The quantitative estimate of drug-likeness (QED) is 0.745. The minimum atomic E-state index is -0.865. The molecule has 0 aromatic heterocycles. The van der Waals surface area contributed by atoms with Crippen LogP contribution in [0, 0.1) is 0 Å². The van der Waals surface area contributed by atoms with Crippen LogP contribution < -0.4 is 0 Å². The summed E-state index contributed by atoms with van der Waals surface area (Å²) in [5.41, 5.74) is 1.74. The Kier molecular flexibility index (Phi) is 2.41. The first-order valence-electron chi connectivity index (χ1n) is 4.73. The normalized spacial score (nSPS) is 15.9. The van der Waals surface area contributed by atoms with E-state index in [1.54, 1.807) is 12.1 Å². The summed E-state index contributed by atoms with van der Waals surface area (Å²) in [6.45, 7) is 1.10. The molecule has 0 radical (unpaired) electrons. The maximum atomic E-state index is 10.5. The Morgan fingerprint density at radius 2 is 1.93 bits per heavy atom. The molecule has 1 aliphatic rings. The molecule has 1 amide bonds. The third-order valence-corrected chi connectivity index (χ3v) is 2.70. The zero-order valence-electron chi connectivity index (χ0n) is 8.09. The highest BCUT2D eigenvalue weighted by molar-refractivity contribution is 5.74. The molecule has 4 nitrogen and oxygen atoms in total. The maximum absolute atomic E-state index is 10.5. The van der Waals surface area contributed by atoms with Crippen molar-refractivity contribution in [2.75, 3.05) is 13.1 Å². The number of amides is 1. The molecule has 4 heteroatoms. The van der Waals surface area contributed by atoms with Crippen LogP contribution in [0.4, 0.5) is 4.79 Å². The molecule has 1 aliphatic heterocycles. The Hall–Kier alpha value is -1.84. The van der Waals surface area contributed by atoms with E-state index >= 15 is 0 Å². The molecule has 15 heavy (non-hydrogen) atoms. The number of hydrogen-bond acceptors (Lipinski definition) is 2. The molecule has 0 spiro atoms. The van der Waals surface area contributed by atoms with E-state index < -0.39 is 6.09 Å². The molecule has 1 heterocycles. The minimum Gasteiger partial charge on any atom is -0.465 e. The van der Waals surface area contributed by atoms with Gasteiger partial charge in [-0.15, -0.1) is 0 Å². The monoisotopic (exact) mass is 205 g/mol. The van der Waals surface area contributed by atoms with Crippen LogP contribution in [0.25, 0.3) is 0 Å². The van der Waals surface area contributed by atoms with Crippen LogP contribution in [-0.2, 0) is 0 Å². The molecule has 1 saturated heterocycles. The second-order valence-electron chi connectivity index (χ2n) is 3.67. The van der Waals surface area contributed by atoms with E-state index in [-0.39, 0.29) is 5.92 Å². The molecule has 0 atom stereocenters. The van der Waals surface area contributed by atoms with E-state index in [9.17, 15) is 9.59 Å². The molecule has 0 aliphatic carbocycles. The van der Waals surface area contributed by atoms with Gasteiger partial charge in [0.15, 0.2) is 0 Å². The van der Waals surface area contributed by atoms with Crippen LogP contribution in [0.5, 0.6) is 0 Å². The highest BCUT2D eigenvalue weighted by atomic mass is 16.4. The first-order chi connectivity index (χ1) is 7.20. The van der Waals surface area contributed by atoms with Crippen LogP contribution in [-0.4, -0.2) is 35.5 Å². The molecule has 0 unspecified atom stereocenters. The van der Waals surface area contributed by atoms with E-state index in [1.165, 1.54) is 4.90 Å². The van der Waals surface area contributed by atoms with Gasteiger partial charge in [0.2, 0.25) is 0 Å². The number of hydrogen-bond donors (Lipinski definition) is 1. The van der Waals surface area contributed by atoms with Crippen molar-refractivity contribution >= 4 is 12.4 Å². The summed E-state index contributed by atoms with van der Waals surface area (Å²) in [5, 5.41) is 8.66. The van der Waals surface area contributed by atoms with Gasteiger partial charge in [0.05, 0.1) is 0 Å². The molecule has 0 bridgehead atoms. The predicted molar refractivity (Wildman–Crippen MR) is 54.2 cm³/mol. The average Bonchev–Trinajstić information content (AvgIpc) is 2.16. The van der Waals surface area contributed by atoms with E-state index in [0.29, 0.717) is 18.7 Å². The van der Waals surface area contributed by atoms with E-state index in [2.05, 4.69) is 0 Å². The lowest BCUT2D eigenvalue weighted by Crippen LogP contribution is -2.47. The summed E-state index contributed by atoms with van der Waals surface area (Å²) in [4.78, 5) is 22.3. The fraction of sp³-hybridized carbons (Fsp3) is 0.273. The van der Waals surface area contributed by atoms with Crippen LogP contribution in [0.1, 0.15) is 21.8 Å². The number of rotatable bonds is 2. The maximum Gasteiger partial charge on any atom is 0.407 e. The molecule has 0 saturated carbocycles. The number of benzene rings is 1. The first-order valence-corrected chi connectivity index (χ1v) is 4.73. The molecule has 1 aromatic rings. The van der Waals surface area contributed by atoms with E-state index in [0.717, 1.165) is 11.8 Å². The van der Waals surface area contributed by atoms with E-state index in [1.807, 2.05) is 12.1 Å². The highest BCUT2D eigenvalue weighted by Crippen LogP contribution is 2.26. The Morgan fingerprint density at radius 1 is 1.33 bits per heavy atom. The Bertz CT molecular complexity index is 379. The lowest BCUT2D eigenvalue weighted by molar-refractivity contribution is 0.105. The molecule has 78 valence electrons. The van der Waals surface area contributed by atoms with Crippen molar-refractivity contribution in [2.24, 2.45) is 0 Å². The average molecular weight is 205 g/mol. The van der Waals surface area contributed by atoms with Crippen molar-refractivity contribution in [3.8, 4) is 0 Å². The van der Waals surface area contributed by atoms with Gasteiger partial charge < -0.3 is 10.0 Å². The zero-order valence-corrected chi connectivity index (χ0v) is 8.09. The van der Waals surface area contributed by atoms with Gasteiger partial charge >= 0.3 is 6.09 Å². The second-order valence-corrected chi connectivity index (χ2v) is 3.67. The smallest absolute Gasteiger partial charge is 0.407 e.